The van der Waals surface area contributed by atoms with Gasteiger partial charge in [-0.1, -0.05) is 20.3 Å². The van der Waals surface area contributed by atoms with Crippen molar-refractivity contribution in [1.82, 2.24) is 10.2 Å². The van der Waals surface area contributed by atoms with Crippen LogP contribution in [0.1, 0.15) is 26.7 Å². The summed E-state index contributed by atoms with van der Waals surface area (Å²) in [6.07, 6.45) is 1.81. The number of likely N-dealkylation sites (N-methyl/N-ethyl adjacent to an activating group) is 1. The van der Waals surface area contributed by atoms with Gasteiger partial charge in [-0.15, -0.1) is 0 Å². The number of aliphatic hydroxyl groups is 1. The van der Waals surface area contributed by atoms with Crippen molar-refractivity contribution in [3.63, 3.8) is 0 Å². The van der Waals surface area contributed by atoms with Gasteiger partial charge in [0.15, 0.2) is 0 Å². The van der Waals surface area contributed by atoms with Gasteiger partial charge >= 0.3 is 0 Å². The van der Waals surface area contributed by atoms with E-state index in [-0.39, 0.29) is 0 Å². The van der Waals surface area contributed by atoms with Gasteiger partial charge in [-0.3, -0.25) is 0 Å². The molecular formula is C14H32N2O3. The fourth-order valence-corrected chi connectivity index (χ4v) is 1.44. The predicted octanol–water partition coefficient (Wildman–Crippen LogP) is 0.722. The summed E-state index contributed by atoms with van der Waals surface area (Å²) in [5, 5.41) is 12.9. The molecule has 0 aliphatic heterocycles. The molecule has 0 rings (SSSR count). The Labute approximate surface area is 118 Å². The molecule has 0 aromatic heterocycles. The summed E-state index contributed by atoms with van der Waals surface area (Å²) < 4.78 is 10.7. The van der Waals surface area contributed by atoms with Crippen molar-refractivity contribution >= 4 is 0 Å². The minimum absolute atomic E-state index is 0.369. The number of hydrogen-bond donors (Lipinski definition) is 2. The predicted molar refractivity (Wildman–Crippen MR) is 78.6 cm³/mol. The van der Waals surface area contributed by atoms with Crippen molar-refractivity contribution in [2.45, 2.75) is 32.8 Å². The van der Waals surface area contributed by atoms with Crippen molar-refractivity contribution in [3.05, 3.63) is 0 Å². The smallest absolute Gasteiger partial charge is 0.0897 e. The van der Waals surface area contributed by atoms with Crippen LogP contribution in [0.15, 0.2) is 0 Å². The Kier molecular flexibility index (Phi) is 14.1. The average Bonchev–Trinajstić information content (AvgIpc) is 2.42. The van der Waals surface area contributed by atoms with Gasteiger partial charge in [-0.2, -0.15) is 0 Å². The van der Waals surface area contributed by atoms with E-state index in [1.54, 1.807) is 0 Å². The zero-order valence-corrected chi connectivity index (χ0v) is 12.9. The first-order valence-electron chi connectivity index (χ1n) is 7.43. The molecule has 0 saturated carbocycles. The van der Waals surface area contributed by atoms with E-state index >= 15 is 0 Å². The van der Waals surface area contributed by atoms with Crippen LogP contribution < -0.4 is 5.32 Å². The van der Waals surface area contributed by atoms with Gasteiger partial charge in [-0.25, -0.2) is 0 Å². The van der Waals surface area contributed by atoms with Crippen LogP contribution in [0.4, 0.5) is 0 Å². The van der Waals surface area contributed by atoms with E-state index in [0.717, 1.165) is 39.1 Å². The summed E-state index contributed by atoms with van der Waals surface area (Å²) >= 11 is 0. The lowest BCUT2D eigenvalue weighted by atomic mass is 10.3. The summed E-state index contributed by atoms with van der Waals surface area (Å²) in [5.41, 5.74) is 0. The zero-order chi connectivity index (χ0) is 14.3. The number of unbranched alkanes of at least 4 members (excludes halogenated alkanes) is 1. The van der Waals surface area contributed by atoms with Crippen molar-refractivity contribution in [1.29, 1.82) is 0 Å². The number of nitrogens with zero attached hydrogens (tertiary/aromatic N) is 1. The van der Waals surface area contributed by atoms with Crippen LogP contribution >= 0.6 is 0 Å². The summed E-state index contributed by atoms with van der Waals surface area (Å²) in [6, 6.07) is 0. The molecule has 0 aliphatic rings. The lowest BCUT2D eigenvalue weighted by Crippen LogP contribution is -2.35. The maximum atomic E-state index is 9.67. The standard InChI is InChI=1S/C14H32N2O3/c1-4-6-9-18-10-11-19-13-14(17)12-15-7-8-16(3)5-2/h14-15,17H,4-13H2,1-3H3. The molecule has 0 fully saturated rings. The number of hydrogen-bond acceptors (Lipinski definition) is 5. The number of ether oxygens (including phenoxy) is 2. The molecule has 5 nitrogen and oxygen atoms in total. The molecule has 0 bridgehead atoms. The molecule has 116 valence electrons. The first-order chi connectivity index (χ1) is 9.20. The molecule has 0 aromatic carbocycles. The minimum Gasteiger partial charge on any atom is -0.389 e. The van der Waals surface area contributed by atoms with Crippen LogP contribution in [-0.2, 0) is 9.47 Å². The second kappa shape index (κ2) is 14.2. The summed E-state index contributed by atoms with van der Waals surface area (Å²) in [5.74, 6) is 0. The molecule has 1 atom stereocenters. The topological polar surface area (TPSA) is 54.0 Å². The third-order valence-corrected chi connectivity index (χ3v) is 2.91. The van der Waals surface area contributed by atoms with Crippen molar-refractivity contribution in [3.8, 4) is 0 Å². The fourth-order valence-electron chi connectivity index (χ4n) is 1.44. The largest absolute Gasteiger partial charge is 0.389 e. The van der Waals surface area contributed by atoms with Gasteiger partial charge in [0.2, 0.25) is 0 Å². The van der Waals surface area contributed by atoms with Gasteiger partial charge in [-0.05, 0) is 20.0 Å². The SMILES string of the molecule is CCCCOCCOCC(O)CNCCN(C)CC. The van der Waals surface area contributed by atoms with E-state index in [2.05, 4.69) is 31.1 Å². The van der Waals surface area contributed by atoms with Crippen LogP contribution in [0, 0.1) is 0 Å². The molecular weight excluding hydrogens is 244 g/mol. The Bertz CT molecular complexity index is 182. The molecule has 0 heterocycles. The van der Waals surface area contributed by atoms with Crippen molar-refractivity contribution in [2.75, 3.05) is 59.7 Å². The molecule has 19 heavy (non-hydrogen) atoms. The fraction of sp³-hybridized carbons (Fsp3) is 1.00. The summed E-state index contributed by atoms with van der Waals surface area (Å²) in [4.78, 5) is 2.23. The van der Waals surface area contributed by atoms with E-state index < -0.39 is 6.10 Å². The Morgan fingerprint density at radius 3 is 2.58 bits per heavy atom. The van der Waals surface area contributed by atoms with Gasteiger partial charge in [0, 0.05) is 26.2 Å². The van der Waals surface area contributed by atoms with Crippen LogP contribution in [0.2, 0.25) is 0 Å². The number of aliphatic hydroxyl groups excluding tert-OH is 1. The van der Waals surface area contributed by atoms with E-state index in [1.807, 2.05) is 0 Å². The Hall–Kier alpha value is -0.200. The first-order valence-corrected chi connectivity index (χ1v) is 7.43. The summed E-state index contributed by atoms with van der Waals surface area (Å²) in [7, 11) is 2.08. The van der Waals surface area contributed by atoms with Crippen LogP contribution in [0.3, 0.4) is 0 Å². The summed E-state index contributed by atoms with van der Waals surface area (Å²) in [6.45, 7) is 10.1. The Balaban J connectivity index is 3.19. The third-order valence-electron chi connectivity index (χ3n) is 2.91. The molecule has 0 saturated heterocycles. The quantitative estimate of drug-likeness (QED) is 0.458. The lowest BCUT2D eigenvalue weighted by Gasteiger charge is -2.16. The van der Waals surface area contributed by atoms with Crippen molar-refractivity contribution < 1.29 is 14.6 Å². The van der Waals surface area contributed by atoms with E-state index in [1.165, 1.54) is 0 Å². The molecule has 1 unspecified atom stereocenters. The van der Waals surface area contributed by atoms with E-state index in [9.17, 15) is 5.11 Å². The Morgan fingerprint density at radius 2 is 1.89 bits per heavy atom. The first kappa shape index (κ1) is 18.8. The highest BCUT2D eigenvalue weighted by molar-refractivity contribution is 4.60. The van der Waals surface area contributed by atoms with E-state index in [0.29, 0.717) is 26.4 Å². The maximum absolute atomic E-state index is 9.67. The monoisotopic (exact) mass is 276 g/mol. The molecule has 0 aromatic rings. The second-order valence-electron chi connectivity index (χ2n) is 4.79. The van der Waals surface area contributed by atoms with Crippen LogP contribution in [0.25, 0.3) is 0 Å². The maximum Gasteiger partial charge on any atom is 0.0897 e. The highest BCUT2D eigenvalue weighted by Gasteiger charge is 2.03. The highest BCUT2D eigenvalue weighted by atomic mass is 16.5. The van der Waals surface area contributed by atoms with Gasteiger partial charge < -0.3 is 24.8 Å². The van der Waals surface area contributed by atoms with Crippen molar-refractivity contribution in [2.24, 2.45) is 0 Å². The minimum atomic E-state index is -0.442. The molecule has 0 spiro atoms. The average molecular weight is 276 g/mol. The van der Waals surface area contributed by atoms with Gasteiger partial charge in [0.05, 0.1) is 25.9 Å². The molecule has 0 aliphatic carbocycles. The highest BCUT2D eigenvalue weighted by Crippen LogP contribution is 1.89. The molecule has 5 heteroatoms. The molecule has 0 amide bonds. The van der Waals surface area contributed by atoms with Gasteiger partial charge in [0.25, 0.3) is 0 Å². The number of nitrogens with one attached hydrogen (secondary N) is 1. The number of rotatable bonds is 14. The lowest BCUT2D eigenvalue weighted by molar-refractivity contribution is 0.00389. The third kappa shape index (κ3) is 14.0. The zero-order valence-electron chi connectivity index (χ0n) is 12.9. The normalized spacial score (nSPS) is 13.1. The van der Waals surface area contributed by atoms with Crippen LogP contribution in [-0.4, -0.2) is 75.8 Å². The molecule has 0 radical (unpaired) electrons. The Morgan fingerprint density at radius 1 is 1.16 bits per heavy atom. The van der Waals surface area contributed by atoms with Crippen LogP contribution in [0.5, 0.6) is 0 Å². The van der Waals surface area contributed by atoms with Gasteiger partial charge in [0.1, 0.15) is 0 Å². The molecule has 2 N–H and O–H groups in total. The van der Waals surface area contributed by atoms with E-state index in [4.69, 9.17) is 9.47 Å². The second-order valence-corrected chi connectivity index (χ2v) is 4.79.